The van der Waals surface area contributed by atoms with Gasteiger partial charge in [0.05, 0.1) is 22.8 Å². The van der Waals surface area contributed by atoms with Crippen molar-refractivity contribution in [3.63, 3.8) is 0 Å². The molecule has 0 unspecified atom stereocenters. The second-order valence-corrected chi connectivity index (χ2v) is 7.78. The summed E-state index contributed by atoms with van der Waals surface area (Å²) in [4.78, 5) is 4.40. The lowest BCUT2D eigenvalue weighted by molar-refractivity contribution is 0.774. The van der Waals surface area contributed by atoms with Crippen molar-refractivity contribution >= 4 is 5.96 Å². The zero-order valence-electron chi connectivity index (χ0n) is 19.0. The van der Waals surface area contributed by atoms with E-state index in [0.717, 1.165) is 45.5 Å². The van der Waals surface area contributed by atoms with Crippen LogP contribution >= 0.6 is 0 Å². The minimum Gasteiger partial charge on any atom is -0.352 e. The molecule has 4 aromatic rings. The molecule has 0 radical (unpaired) electrons. The Balaban J connectivity index is 1.45. The van der Waals surface area contributed by atoms with Crippen LogP contribution < -0.4 is 10.6 Å². The molecule has 0 saturated carbocycles. The lowest BCUT2D eigenvalue weighted by Crippen LogP contribution is -2.36. The maximum atomic E-state index is 4.64. The fraction of sp³-hybridized carbons (Fsp3) is 0.240. The fourth-order valence-corrected chi connectivity index (χ4v) is 3.75. The summed E-state index contributed by atoms with van der Waals surface area (Å²) < 4.78 is 3.90. The van der Waals surface area contributed by atoms with E-state index in [1.54, 1.807) is 7.05 Å². The van der Waals surface area contributed by atoms with Gasteiger partial charge in [0.2, 0.25) is 0 Å². The minimum absolute atomic E-state index is 0.633. The summed E-state index contributed by atoms with van der Waals surface area (Å²) >= 11 is 0. The van der Waals surface area contributed by atoms with E-state index in [1.807, 2.05) is 59.7 Å². The fourth-order valence-electron chi connectivity index (χ4n) is 3.75. The summed E-state index contributed by atoms with van der Waals surface area (Å²) in [7, 11) is 1.78. The van der Waals surface area contributed by atoms with E-state index in [-0.39, 0.29) is 0 Å². The number of guanidine groups is 1. The van der Waals surface area contributed by atoms with E-state index >= 15 is 0 Å². The van der Waals surface area contributed by atoms with Gasteiger partial charge < -0.3 is 10.6 Å². The quantitative estimate of drug-likeness (QED) is 0.362. The largest absolute Gasteiger partial charge is 0.352 e. The molecular formula is C25H29N7. The van der Waals surface area contributed by atoms with Gasteiger partial charge in [-0.3, -0.25) is 4.99 Å². The highest BCUT2D eigenvalue weighted by Gasteiger charge is 2.10. The molecule has 0 spiro atoms. The third-order valence-corrected chi connectivity index (χ3v) is 5.31. The van der Waals surface area contributed by atoms with Gasteiger partial charge in [-0.1, -0.05) is 36.4 Å². The van der Waals surface area contributed by atoms with E-state index < -0.39 is 0 Å². The number of aryl methyl sites for hydroxylation is 3. The Morgan fingerprint density at radius 3 is 2.00 bits per heavy atom. The van der Waals surface area contributed by atoms with Crippen LogP contribution in [0.2, 0.25) is 0 Å². The molecule has 4 rings (SSSR count). The highest BCUT2D eigenvalue weighted by molar-refractivity contribution is 5.79. The van der Waals surface area contributed by atoms with E-state index in [9.17, 15) is 0 Å². The van der Waals surface area contributed by atoms with Gasteiger partial charge in [-0.2, -0.15) is 10.2 Å². The van der Waals surface area contributed by atoms with Gasteiger partial charge >= 0.3 is 0 Å². The number of hydrogen-bond donors (Lipinski definition) is 2. The van der Waals surface area contributed by atoms with Crippen LogP contribution in [0.5, 0.6) is 0 Å². The van der Waals surface area contributed by atoms with Gasteiger partial charge in [0.15, 0.2) is 5.96 Å². The second kappa shape index (κ2) is 9.51. The van der Waals surface area contributed by atoms with Gasteiger partial charge in [-0.25, -0.2) is 9.36 Å². The van der Waals surface area contributed by atoms with Gasteiger partial charge in [-0.15, -0.1) is 0 Å². The zero-order chi connectivity index (χ0) is 22.5. The van der Waals surface area contributed by atoms with Crippen LogP contribution in [0.25, 0.3) is 11.4 Å². The van der Waals surface area contributed by atoms with Crippen molar-refractivity contribution in [2.45, 2.75) is 33.9 Å². The predicted molar refractivity (Wildman–Crippen MR) is 128 cm³/mol. The lowest BCUT2D eigenvalue weighted by atomic mass is 10.1. The smallest absolute Gasteiger partial charge is 0.191 e. The van der Waals surface area contributed by atoms with Crippen molar-refractivity contribution in [3.05, 3.63) is 95.1 Å². The molecule has 0 atom stereocenters. The van der Waals surface area contributed by atoms with Crippen molar-refractivity contribution < 1.29 is 0 Å². The highest BCUT2D eigenvalue weighted by atomic mass is 15.3. The third kappa shape index (κ3) is 4.72. The first-order valence-electron chi connectivity index (χ1n) is 10.7. The molecule has 2 aromatic carbocycles. The Hall–Kier alpha value is -3.87. The number of hydrogen-bond acceptors (Lipinski definition) is 3. The van der Waals surface area contributed by atoms with Crippen LogP contribution in [-0.4, -0.2) is 32.6 Å². The van der Waals surface area contributed by atoms with Crippen molar-refractivity contribution in [1.29, 1.82) is 0 Å². The average molecular weight is 428 g/mol. The van der Waals surface area contributed by atoms with Crippen LogP contribution in [-0.2, 0) is 13.1 Å². The van der Waals surface area contributed by atoms with Gasteiger partial charge in [-0.05, 0) is 56.2 Å². The zero-order valence-corrected chi connectivity index (χ0v) is 19.0. The Bertz CT molecular complexity index is 1230. The number of benzene rings is 2. The third-order valence-electron chi connectivity index (χ3n) is 5.31. The molecule has 0 amide bonds. The predicted octanol–water partition coefficient (Wildman–Crippen LogP) is 3.85. The normalized spacial score (nSPS) is 11.6. The second-order valence-electron chi connectivity index (χ2n) is 7.78. The number of nitrogens with zero attached hydrogens (tertiary/aromatic N) is 5. The van der Waals surface area contributed by atoms with Gasteiger partial charge in [0, 0.05) is 32.0 Å². The van der Waals surface area contributed by atoms with Crippen LogP contribution in [0.1, 0.15) is 28.2 Å². The van der Waals surface area contributed by atoms with Crippen molar-refractivity contribution in [2.75, 3.05) is 7.05 Å². The van der Waals surface area contributed by atoms with Crippen molar-refractivity contribution in [3.8, 4) is 11.4 Å². The molecular weight excluding hydrogens is 398 g/mol. The summed E-state index contributed by atoms with van der Waals surface area (Å²) in [5.41, 5.74) is 7.53. The minimum atomic E-state index is 0.633. The van der Waals surface area contributed by atoms with Gasteiger partial charge in [0.25, 0.3) is 0 Å². The Labute approximate surface area is 188 Å². The summed E-state index contributed by atoms with van der Waals surface area (Å²) in [6.45, 7) is 7.34. The topological polar surface area (TPSA) is 72.1 Å². The summed E-state index contributed by atoms with van der Waals surface area (Å²) in [5.74, 6) is 0.736. The Morgan fingerprint density at radius 1 is 0.812 bits per heavy atom. The first-order chi connectivity index (χ1) is 15.5. The van der Waals surface area contributed by atoms with Crippen LogP contribution in [0.4, 0.5) is 0 Å². The molecule has 0 aliphatic heterocycles. The molecule has 0 aliphatic rings. The Morgan fingerprint density at radius 2 is 1.44 bits per heavy atom. The first kappa shape index (κ1) is 21.4. The molecule has 0 fully saturated rings. The number of nitrogens with one attached hydrogen (secondary N) is 2. The molecule has 32 heavy (non-hydrogen) atoms. The maximum Gasteiger partial charge on any atom is 0.191 e. The monoisotopic (exact) mass is 427 g/mol. The Kier molecular flexibility index (Phi) is 6.35. The summed E-state index contributed by atoms with van der Waals surface area (Å²) in [6.07, 6.45) is 1.98. The maximum absolute atomic E-state index is 4.64. The number of aromatic nitrogens is 4. The molecule has 7 heteroatoms. The van der Waals surface area contributed by atoms with Crippen LogP contribution in [0.15, 0.2) is 71.9 Å². The summed E-state index contributed by atoms with van der Waals surface area (Å²) in [5, 5.41) is 16.0. The lowest BCUT2D eigenvalue weighted by Gasteiger charge is -2.16. The standard InChI is InChI=1S/C25H29N7/c1-18-13-14-31(29-18)23-11-7-5-9-21(23)16-27-25(26-4)28-17-22-10-6-8-12-24(22)32-20(3)15-19(2)30-32/h5-15H,16-17H2,1-4H3,(H2,26,27,28). The molecule has 7 nitrogen and oxygen atoms in total. The number of para-hydroxylation sites is 2. The van der Waals surface area contributed by atoms with E-state index in [1.165, 1.54) is 0 Å². The highest BCUT2D eigenvalue weighted by Crippen LogP contribution is 2.17. The van der Waals surface area contributed by atoms with Crippen molar-refractivity contribution in [2.24, 2.45) is 4.99 Å². The van der Waals surface area contributed by atoms with Crippen LogP contribution in [0, 0.1) is 20.8 Å². The molecule has 0 bridgehead atoms. The molecule has 0 saturated heterocycles. The number of rotatable bonds is 6. The first-order valence-corrected chi connectivity index (χ1v) is 10.7. The molecule has 164 valence electrons. The molecule has 0 aliphatic carbocycles. The molecule has 2 heterocycles. The average Bonchev–Trinajstić information content (AvgIpc) is 3.38. The summed E-state index contributed by atoms with van der Waals surface area (Å²) in [6, 6.07) is 20.6. The van der Waals surface area contributed by atoms with E-state index in [4.69, 9.17) is 0 Å². The number of aliphatic imine (C=N–C) groups is 1. The molecule has 2 N–H and O–H groups in total. The SMILES string of the molecule is CN=C(NCc1ccccc1-n1ccc(C)n1)NCc1ccccc1-n1nc(C)cc1C. The van der Waals surface area contributed by atoms with E-state index in [2.05, 4.69) is 63.1 Å². The van der Waals surface area contributed by atoms with Crippen molar-refractivity contribution in [1.82, 2.24) is 30.2 Å². The van der Waals surface area contributed by atoms with Crippen LogP contribution in [0.3, 0.4) is 0 Å². The van der Waals surface area contributed by atoms with Gasteiger partial charge in [0.1, 0.15) is 0 Å². The molecule has 2 aromatic heterocycles. The van der Waals surface area contributed by atoms with E-state index in [0.29, 0.717) is 13.1 Å².